The average molecular weight is 499 g/mol. The number of carbonyl (C=O) groups excluding carboxylic acids is 3. The van der Waals surface area contributed by atoms with E-state index in [1.54, 1.807) is 6.07 Å². The van der Waals surface area contributed by atoms with E-state index in [2.05, 4.69) is 9.88 Å². The number of rotatable bonds is 2. The van der Waals surface area contributed by atoms with Crippen molar-refractivity contribution >= 4 is 34.6 Å². The highest BCUT2D eigenvalue weighted by Crippen LogP contribution is 2.48. The van der Waals surface area contributed by atoms with Gasteiger partial charge in [0.1, 0.15) is 11.4 Å². The van der Waals surface area contributed by atoms with Gasteiger partial charge in [-0.05, 0) is 76.8 Å². The zero-order valence-electron chi connectivity index (χ0n) is 21.3. The van der Waals surface area contributed by atoms with Crippen LogP contribution in [0.1, 0.15) is 71.8 Å². The molecule has 0 atom stereocenters. The van der Waals surface area contributed by atoms with Crippen LogP contribution in [0.25, 0.3) is 10.9 Å². The van der Waals surface area contributed by atoms with E-state index in [4.69, 9.17) is 4.74 Å². The number of nitrogens with one attached hydrogen (secondary N) is 1. The standard InChI is InChI=1S/C27H35FN4O4/c1-26(2,3)36-25(35)30-14-10-27(11-15-30)8-4-19(5-9-27)31-12-6-18-16-22(20(28)17-21(18)31)32-13-7-23(33)29-24(32)34/h6,12,16-17,19H,4-5,7-11,13-15H2,1-3H3,(H,29,33,34). The Morgan fingerprint density at radius 1 is 1.08 bits per heavy atom. The molecule has 1 N–H and O–H groups in total. The second kappa shape index (κ2) is 9.09. The summed E-state index contributed by atoms with van der Waals surface area (Å²) in [6.45, 7) is 7.31. The van der Waals surface area contributed by atoms with E-state index in [1.807, 2.05) is 37.9 Å². The fraction of sp³-hybridized carbons (Fsp3) is 0.593. The van der Waals surface area contributed by atoms with Crippen LogP contribution in [-0.4, -0.2) is 52.7 Å². The molecule has 1 aromatic heterocycles. The maximum Gasteiger partial charge on any atom is 0.410 e. The van der Waals surface area contributed by atoms with E-state index < -0.39 is 17.4 Å². The smallest absolute Gasteiger partial charge is 0.410 e. The number of urea groups is 1. The third-order valence-electron chi connectivity index (χ3n) is 8.02. The van der Waals surface area contributed by atoms with Crippen molar-refractivity contribution in [3.63, 3.8) is 0 Å². The van der Waals surface area contributed by atoms with Gasteiger partial charge in [-0.25, -0.2) is 14.0 Å². The summed E-state index contributed by atoms with van der Waals surface area (Å²) in [4.78, 5) is 39.2. The summed E-state index contributed by atoms with van der Waals surface area (Å²) in [6.07, 6.45) is 8.12. The van der Waals surface area contributed by atoms with E-state index in [1.165, 1.54) is 11.0 Å². The van der Waals surface area contributed by atoms with Crippen molar-refractivity contribution < 1.29 is 23.5 Å². The van der Waals surface area contributed by atoms with Crippen molar-refractivity contribution in [2.24, 2.45) is 5.41 Å². The summed E-state index contributed by atoms with van der Waals surface area (Å²) < 4.78 is 22.8. The Balaban J connectivity index is 1.24. The molecule has 3 aliphatic rings. The van der Waals surface area contributed by atoms with Gasteiger partial charge < -0.3 is 14.2 Å². The Morgan fingerprint density at radius 2 is 1.78 bits per heavy atom. The Bertz CT molecular complexity index is 1180. The van der Waals surface area contributed by atoms with Gasteiger partial charge in [0.2, 0.25) is 5.91 Å². The lowest BCUT2D eigenvalue weighted by Gasteiger charge is -2.46. The van der Waals surface area contributed by atoms with E-state index in [0.29, 0.717) is 0 Å². The molecule has 1 aliphatic carbocycles. The van der Waals surface area contributed by atoms with E-state index in [-0.39, 0.29) is 42.1 Å². The first-order valence-corrected chi connectivity index (χ1v) is 12.9. The van der Waals surface area contributed by atoms with E-state index in [9.17, 15) is 14.4 Å². The number of halogens is 1. The molecular formula is C27H35FN4O4. The third-order valence-corrected chi connectivity index (χ3v) is 8.02. The van der Waals surface area contributed by atoms with Gasteiger partial charge in [0.05, 0.1) is 11.2 Å². The van der Waals surface area contributed by atoms with Crippen molar-refractivity contribution in [3.05, 3.63) is 30.2 Å². The molecule has 5 rings (SSSR count). The molecule has 0 radical (unpaired) electrons. The normalized spacial score (nSPS) is 21.2. The molecule has 2 aromatic rings. The van der Waals surface area contributed by atoms with Crippen molar-refractivity contribution in [3.8, 4) is 0 Å². The highest BCUT2D eigenvalue weighted by Gasteiger charge is 2.40. The van der Waals surface area contributed by atoms with Crippen molar-refractivity contribution in [2.45, 2.75) is 77.4 Å². The molecule has 2 aliphatic heterocycles. The first-order chi connectivity index (χ1) is 17.0. The summed E-state index contributed by atoms with van der Waals surface area (Å²) in [5.74, 6) is -0.803. The second-order valence-corrected chi connectivity index (χ2v) is 11.5. The third kappa shape index (κ3) is 4.80. The van der Waals surface area contributed by atoms with Crippen LogP contribution in [0.4, 0.5) is 19.7 Å². The van der Waals surface area contributed by atoms with Crippen LogP contribution in [0.2, 0.25) is 0 Å². The van der Waals surface area contributed by atoms with Crippen LogP contribution in [-0.2, 0) is 9.53 Å². The largest absolute Gasteiger partial charge is 0.444 e. The highest BCUT2D eigenvalue weighted by molar-refractivity contribution is 6.06. The summed E-state index contributed by atoms with van der Waals surface area (Å²) in [6, 6.07) is 4.89. The van der Waals surface area contributed by atoms with Crippen LogP contribution in [0, 0.1) is 11.2 Å². The Morgan fingerprint density at radius 3 is 2.42 bits per heavy atom. The Kier molecular flexibility index (Phi) is 6.21. The predicted molar refractivity (Wildman–Crippen MR) is 134 cm³/mol. The minimum absolute atomic E-state index is 0.156. The lowest BCUT2D eigenvalue weighted by molar-refractivity contribution is -0.120. The Labute approximate surface area is 210 Å². The topological polar surface area (TPSA) is 83.9 Å². The van der Waals surface area contributed by atoms with E-state index in [0.717, 1.165) is 62.5 Å². The quantitative estimate of drug-likeness (QED) is 0.604. The SMILES string of the molecule is CC(C)(C)OC(=O)N1CCC2(CCC(n3ccc4cc(N5CCC(=O)NC5=O)c(F)cc43)CC2)CC1. The van der Waals surface area contributed by atoms with Crippen molar-refractivity contribution in [1.29, 1.82) is 0 Å². The number of imide groups is 1. The van der Waals surface area contributed by atoms with Crippen LogP contribution < -0.4 is 10.2 Å². The minimum Gasteiger partial charge on any atom is -0.444 e. The van der Waals surface area contributed by atoms with Crippen LogP contribution >= 0.6 is 0 Å². The molecule has 36 heavy (non-hydrogen) atoms. The number of amides is 4. The summed E-state index contributed by atoms with van der Waals surface area (Å²) in [5.41, 5.74) is 0.800. The molecule has 3 fully saturated rings. The average Bonchev–Trinajstić information content (AvgIpc) is 3.21. The number of likely N-dealkylation sites (tertiary alicyclic amines) is 1. The molecule has 194 valence electrons. The monoisotopic (exact) mass is 498 g/mol. The Hall–Kier alpha value is -3.10. The van der Waals surface area contributed by atoms with Crippen LogP contribution in [0.5, 0.6) is 0 Å². The number of carbonyl (C=O) groups is 3. The van der Waals surface area contributed by atoms with Crippen molar-refractivity contribution in [1.82, 2.24) is 14.8 Å². The van der Waals surface area contributed by atoms with Gasteiger partial charge in [0.25, 0.3) is 0 Å². The molecule has 9 heteroatoms. The summed E-state index contributed by atoms with van der Waals surface area (Å²) >= 11 is 0. The first-order valence-electron chi connectivity index (χ1n) is 12.9. The van der Waals surface area contributed by atoms with Gasteiger partial charge in [-0.15, -0.1) is 0 Å². The molecule has 0 bridgehead atoms. The molecule has 2 saturated heterocycles. The summed E-state index contributed by atoms with van der Waals surface area (Å²) in [7, 11) is 0. The number of hydrogen-bond donors (Lipinski definition) is 1. The highest BCUT2D eigenvalue weighted by atomic mass is 19.1. The van der Waals surface area contributed by atoms with Gasteiger partial charge >= 0.3 is 12.1 Å². The number of benzene rings is 1. The molecule has 3 heterocycles. The minimum atomic E-state index is -0.584. The van der Waals surface area contributed by atoms with E-state index >= 15 is 4.39 Å². The predicted octanol–water partition coefficient (Wildman–Crippen LogP) is 5.36. The van der Waals surface area contributed by atoms with Gasteiger partial charge in [0, 0.05) is 49.7 Å². The number of nitrogens with zero attached hydrogens (tertiary/aromatic N) is 3. The zero-order chi connectivity index (χ0) is 25.7. The number of fused-ring (bicyclic) bond motifs is 1. The zero-order valence-corrected chi connectivity index (χ0v) is 21.3. The lowest BCUT2D eigenvalue weighted by atomic mass is 9.67. The molecule has 4 amide bonds. The fourth-order valence-corrected chi connectivity index (χ4v) is 5.97. The molecule has 1 aromatic carbocycles. The van der Waals surface area contributed by atoms with Gasteiger partial charge in [0.15, 0.2) is 0 Å². The number of anilines is 1. The maximum absolute atomic E-state index is 15.1. The number of aromatic nitrogens is 1. The van der Waals surface area contributed by atoms with Crippen LogP contribution in [0.15, 0.2) is 24.4 Å². The number of hydrogen-bond acceptors (Lipinski definition) is 4. The first kappa shape index (κ1) is 24.6. The molecule has 8 nitrogen and oxygen atoms in total. The number of piperidine rings is 1. The molecule has 1 saturated carbocycles. The van der Waals surface area contributed by atoms with Gasteiger partial charge in [-0.2, -0.15) is 0 Å². The summed E-state index contributed by atoms with van der Waals surface area (Å²) in [5, 5.41) is 3.13. The lowest BCUT2D eigenvalue weighted by Crippen LogP contribution is -2.49. The number of ether oxygens (including phenoxy) is 1. The second-order valence-electron chi connectivity index (χ2n) is 11.5. The van der Waals surface area contributed by atoms with Gasteiger partial charge in [-0.1, -0.05) is 0 Å². The maximum atomic E-state index is 15.1. The van der Waals surface area contributed by atoms with Crippen LogP contribution in [0.3, 0.4) is 0 Å². The van der Waals surface area contributed by atoms with Gasteiger partial charge in [-0.3, -0.25) is 15.0 Å². The van der Waals surface area contributed by atoms with Crippen molar-refractivity contribution in [2.75, 3.05) is 24.5 Å². The molecular weight excluding hydrogens is 463 g/mol. The molecule has 1 spiro atoms. The fourth-order valence-electron chi connectivity index (χ4n) is 5.97. The molecule has 0 unspecified atom stereocenters.